The van der Waals surface area contributed by atoms with Gasteiger partial charge >= 0.3 is 29.6 Å². The van der Waals surface area contributed by atoms with Crippen molar-refractivity contribution in [3.8, 4) is 0 Å². The molecule has 4 aromatic rings. The van der Waals surface area contributed by atoms with Crippen molar-refractivity contribution in [1.29, 1.82) is 0 Å². The molecule has 0 aliphatic rings. The van der Waals surface area contributed by atoms with Crippen molar-refractivity contribution >= 4 is 55.0 Å². The van der Waals surface area contributed by atoms with Gasteiger partial charge in [-0.2, -0.15) is 5.11 Å². The topological polar surface area (TPSA) is 159 Å². The first kappa shape index (κ1) is 24.5. The number of nitrogens with zero attached hydrogens (tertiary/aromatic N) is 4. The number of benzene rings is 4. The third kappa shape index (κ3) is 5.62. The molecule has 0 amide bonds. The van der Waals surface area contributed by atoms with Crippen molar-refractivity contribution in [3.63, 3.8) is 0 Å². The molecule has 0 atom stereocenters. The molecule has 4 N–H and O–H groups in total. The van der Waals surface area contributed by atoms with E-state index >= 15 is 0 Å². The van der Waals surface area contributed by atoms with Crippen LogP contribution in [0.25, 0.3) is 10.8 Å². The van der Waals surface area contributed by atoms with Crippen molar-refractivity contribution in [3.05, 3.63) is 78.9 Å². The van der Waals surface area contributed by atoms with Crippen LogP contribution in [0.15, 0.2) is 104 Å². The van der Waals surface area contributed by atoms with Crippen molar-refractivity contribution in [2.45, 2.75) is 4.90 Å². The van der Waals surface area contributed by atoms with E-state index in [9.17, 15) is 13.0 Å². The fourth-order valence-electron chi connectivity index (χ4n) is 3.06. The first-order valence-corrected chi connectivity index (χ1v) is 10.8. The molecule has 0 saturated carbocycles. The Morgan fingerprint density at radius 1 is 0.636 bits per heavy atom. The van der Waals surface area contributed by atoms with Crippen molar-refractivity contribution in [1.82, 2.24) is 0 Å². The summed E-state index contributed by atoms with van der Waals surface area (Å²) in [6.45, 7) is 0. The van der Waals surface area contributed by atoms with E-state index < -0.39 is 10.1 Å². The van der Waals surface area contributed by atoms with Crippen LogP contribution >= 0.6 is 0 Å². The van der Waals surface area contributed by atoms with Gasteiger partial charge in [0.05, 0.1) is 27.6 Å². The monoisotopic (exact) mass is 468 g/mol. The molecule has 0 aliphatic heterocycles. The molecule has 0 radical (unpaired) electrons. The minimum Gasteiger partial charge on any atom is -0.744 e. The molecule has 0 aromatic heterocycles. The Bertz CT molecular complexity index is 1470. The van der Waals surface area contributed by atoms with Crippen LogP contribution in [0, 0.1) is 0 Å². The smallest absolute Gasteiger partial charge is 0.744 e. The average molecular weight is 468 g/mol. The van der Waals surface area contributed by atoms with Crippen molar-refractivity contribution in [2.75, 3.05) is 11.5 Å². The number of hydrogen-bond acceptors (Lipinski definition) is 9. The van der Waals surface area contributed by atoms with Gasteiger partial charge in [-0.05, 0) is 36.4 Å². The normalized spacial score (nSPS) is 11.8. The van der Waals surface area contributed by atoms with Gasteiger partial charge in [-0.1, -0.05) is 42.5 Å². The first-order valence-electron chi connectivity index (χ1n) is 9.38. The molecule has 0 aliphatic carbocycles. The molecule has 0 saturated heterocycles. The zero-order valence-corrected chi connectivity index (χ0v) is 20.4. The van der Waals surface area contributed by atoms with E-state index in [4.69, 9.17) is 11.5 Å². The summed E-state index contributed by atoms with van der Waals surface area (Å²) < 4.78 is 34.7. The molecule has 33 heavy (non-hydrogen) atoms. The van der Waals surface area contributed by atoms with E-state index in [-0.39, 0.29) is 45.5 Å². The van der Waals surface area contributed by atoms with Crippen LogP contribution in [0.5, 0.6) is 0 Å². The minimum absolute atomic E-state index is 0. The van der Waals surface area contributed by atoms with E-state index in [2.05, 4.69) is 20.5 Å². The summed E-state index contributed by atoms with van der Waals surface area (Å²) in [6, 6.07) is 21.4. The summed E-state index contributed by atoms with van der Waals surface area (Å²) >= 11 is 0. The Balaban J connectivity index is 0.00000306. The van der Waals surface area contributed by atoms with E-state index in [0.717, 1.165) is 0 Å². The van der Waals surface area contributed by atoms with Gasteiger partial charge in [0.25, 0.3) is 0 Å². The Kier molecular flexibility index (Phi) is 7.57. The third-order valence-electron chi connectivity index (χ3n) is 4.60. The summed E-state index contributed by atoms with van der Waals surface area (Å²) in [5.41, 5.74) is 14.4. The van der Waals surface area contributed by atoms with Gasteiger partial charge in [0.15, 0.2) is 0 Å². The second-order valence-electron chi connectivity index (χ2n) is 6.79. The average Bonchev–Trinajstić information content (AvgIpc) is 2.77. The Labute approximate surface area is 212 Å². The van der Waals surface area contributed by atoms with Gasteiger partial charge in [-0.15, -0.1) is 15.3 Å². The maximum absolute atomic E-state index is 11.6. The number of azo groups is 2. The second-order valence-corrected chi connectivity index (χ2v) is 8.14. The zero-order valence-electron chi connectivity index (χ0n) is 17.6. The SMILES string of the molecule is Nc1cc(N)c(N=Nc2ccc(S(=O)(=O)[O-])c3ccccc23)cc1N=Nc1ccccc1.[Na+]. The molecule has 0 heterocycles. The van der Waals surface area contributed by atoms with E-state index in [1.165, 1.54) is 18.2 Å². The number of rotatable bonds is 5. The van der Waals surface area contributed by atoms with Gasteiger partial charge in [0.2, 0.25) is 0 Å². The fourth-order valence-corrected chi connectivity index (χ4v) is 3.74. The largest absolute Gasteiger partial charge is 1.00 e. The second kappa shape index (κ2) is 10.2. The molecule has 11 heteroatoms. The van der Waals surface area contributed by atoms with E-state index in [1.807, 2.05) is 18.2 Å². The number of nitrogens with two attached hydrogens (primary N) is 2. The molecule has 4 aromatic carbocycles. The summed E-state index contributed by atoms with van der Waals surface area (Å²) in [6.07, 6.45) is 0. The molecule has 0 spiro atoms. The van der Waals surface area contributed by atoms with Gasteiger partial charge in [-0.3, -0.25) is 0 Å². The van der Waals surface area contributed by atoms with Crippen LogP contribution < -0.4 is 41.0 Å². The molecule has 9 nitrogen and oxygen atoms in total. The van der Waals surface area contributed by atoms with Crippen LogP contribution in [0.2, 0.25) is 0 Å². The van der Waals surface area contributed by atoms with Crippen molar-refractivity contribution < 1.29 is 42.5 Å². The Hall–Kier alpha value is -3.15. The minimum atomic E-state index is -4.64. The molecule has 0 unspecified atom stereocenters. The van der Waals surface area contributed by atoms with Gasteiger partial charge < -0.3 is 16.0 Å². The summed E-state index contributed by atoms with van der Waals surface area (Å²) in [5, 5.41) is 17.4. The molecule has 0 fully saturated rings. The van der Waals surface area contributed by atoms with Crippen molar-refractivity contribution in [2.24, 2.45) is 20.5 Å². The number of nitrogen functional groups attached to an aromatic ring is 2. The van der Waals surface area contributed by atoms with Crippen LogP contribution in [-0.2, 0) is 10.1 Å². The van der Waals surface area contributed by atoms with Gasteiger partial charge in [-0.25, -0.2) is 8.42 Å². The predicted octanol–water partition coefficient (Wildman–Crippen LogP) is 2.74. The summed E-state index contributed by atoms with van der Waals surface area (Å²) in [5.74, 6) is 0. The summed E-state index contributed by atoms with van der Waals surface area (Å²) in [7, 11) is -4.64. The maximum Gasteiger partial charge on any atom is 1.00 e. The number of hydrogen-bond donors (Lipinski definition) is 2. The quantitative estimate of drug-likeness (QED) is 0.199. The maximum atomic E-state index is 11.6. The molecule has 160 valence electrons. The van der Waals surface area contributed by atoms with Gasteiger partial charge in [0, 0.05) is 10.8 Å². The number of anilines is 2. The predicted molar refractivity (Wildman–Crippen MR) is 122 cm³/mol. The molecular weight excluding hydrogens is 451 g/mol. The van der Waals surface area contributed by atoms with Crippen LogP contribution in [0.3, 0.4) is 0 Å². The van der Waals surface area contributed by atoms with Crippen LogP contribution in [0.1, 0.15) is 0 Å². The fraction of sp³-hybridized carbons (Fsp3) is 0. The zero-order chi connectivity index (χ0) is 22.7. The van der Waals surface area contributed by atoms with Crippen LogP contribution in [-0.4, -0.2) is 13.0 Å². The van der Waals surface area contributed by atoms with E-state index in [1.54, 1.807) is 42.5 Å². The standard InChI is InChI=1S/C22H18N6O3S.Na/c23-17-12-18(24)21(13-20(17)27-25-14-6-2-1-3-7-14)28-26-19-10-11-22(32(29,30)31)16-9-5-4-8-15(16)19;/h1-13H,23-24H2,(H,29,30,31);/q;+1/p-1. The van der Waals surface area contributed by atoms with Gasteiger partial charge in [0.1, 0.15) is 21.5 Å². The van der Waals surface area contributed by atoms with E-state index in [0.29, 0.717) is 33.8 Å². The summed E-state index contributed by atoms with van der Waals surface area (Å²) in [4.78, 5) is -0.317. The molecular formula is C22H17N6NaO3S. The van der Waals surface area contributed by atoms with Crippen LogP contribution in [0.4, 0.5) is 34.1 Å². The Morgan fingerprint density at radius 3 is 1.82 bits per heavy atom. The Morgan fingerprint density at radius 2 is 1.18 bits per heavy atom. The molecule has 0 bridgehead atoms. The number of fused-ring (bicyclic) bond motifs is 1. The third-order valence-corrected chi connectivity index (χ3v) is 5.50. The first-order chi connectivity index (χ1) is 15.3. The molecule has 4 rings (SSSR count).